The van der Waals surface area contributed by atoms with Crippen molar-refractivity contribution >= 4 is 5.91 Å². The summed E-state index contributed by atoms with van der Waals surface area (Å²) in [6.45, 7) is -0.214. The van der Waals surface area contributed by atoms with Crippen molar-refractivity contribution in [3.05, 3.63) is 29.8 Å². The Bertz CT molecular complexity index is 495. The van der Waals surface area contributed by atoms with Gasteiger partial charge in [0.05, 0.1) is 5.56 Å². The quantitative estimate of drug-likeness (QED) is 0.897. The summed E-state index contributed by atoms with van der Waals surface area (Å²) in [5.74, 6) is -0.0471. The highest BCUT2D eigenvalue weighted by Crippen LogP contribution is 2.30. The lowest BCUT2D eigenvalue weighted by Gasteiger charge is -2.26. The van der Waals surface area contributed by atoms with Crippen LogP contribution in [0.2, 0.25) is 0 Å². The number of carbonyl (C=O) groups is 1. The second-order valence-electron chi connectivity index (χ2n) is 5.49. The molecular formula is C15H19F3N2O2. The zero-order valence-corrected chi connectivity index (χ0v) is 12.0. The van der Waals surface area contributed by atoms with Gasteiger partial charge in [-0.05, 0) is 49.9 Å². The van der Waals surface area contributed by atoms with Crippen LogP contribution < -0.4 is 15.8 Å². The van der Waals surface area contributed by atoms with Crippen molar-refractivity contribution in [3.63, 3.8) is 0 Å². The van der Waals surface area contributed by atoms with Crippen molar-refractivity contribution in [1.82, 2.24) is 5.32 Å². The van der Waals surface area contributed by atoms with Gasteiger partial charge in [-0.2, -0.15) is 13.2 Å². The number of alkyl halides is 3. The molecule has 0 unspecified atom stereocenters. The van der Waals surface area contributed by atoms with Gasteiger partial charge in [-0.1, -0.05) is 0 Å². The normalized spacial score (nSPS) is 22.2. The highest BCUT2D eigenvalue weighted by Gasteiger charge is 2.30. The van der Waals surface area contributed by atoms with E-state index in [1.165, 1.54) is 12.1 Å². The molecule has 1 aromatic rings. The summed E-state index contributed by atoms with van der Waals surface area (Å²) >= 11 is 0. The molecule has 0 spiro atoms. The number of hydrogen-bond acceptors (Lipinski definition) is 3. The van der Waals surface area contributed by atoms with Gasteiger partial charge in [0.15, 0.2) is 6.61 Å². The van der Waals surface area contributed by atoms with Crippen LogP contribution in [0.1, 0.15) is 31.2 Å². The Kier molecular flexibility index (Phi) is 5.28. The van der Waals surface area contributed by atoms with Gasteiger partial charge in [0.25, 0.3) is 5.91 Å². The third-order valence-corrected chi connectivity index (χ3v) is 3.69. The Morgan fingerprint density at radius 2 is 1.77 bits per heavy atom. The van der Waals surface area contributed by atoms with Crippen LogP contribution in [0.15, 0.2) is 24.3 Å². The average Bonchev–Trinajstić information content (AvgIpc) is 2.47. The predicted molar refractivity (Wildman–Crippen MR) is 75.3 cm³/mol. The first-order valence-electron chi connectivity index (χ1n) is 7.19. The van der Waals surface area contributed by atoms with E-state index in [1.54, 1.807) is 0 Å². The smallest absolute Gasteiger partial charge is 0.416 e. The molecule has 1 aromatic carbocycles. The van der Waals surface area contributed by atoms with Crippen molar-refractivity contribution in [2.24, 2.45) is 5.73 Å². The molecule has 0 saturated heterocycles. The van der Waals surface area contributed by atoms with E-state index in [-0.39, 0.29) is 30.3 Å². The minimum absolute atomic E-state index is 0.100. The van der Waals surface area contributed by atoms with Crippen LogP contribution in [0.3, 0.4) is 0 Å². The first kappa shape index (κ1) is 16.6. The molecule has 0 atom stereocenters. The van der Waals surface area contributed by atoms with Crippen molar-refractivity contribution in [1.29, 1.82) is 0 Å². The van der Waals surface area contributed by atoms with Crippen LogP contribution in [-0.4, -0.2) is 24.6 Å². The van der Waals surface area contributed by atoms with Gasteiger partial charge in [-0.15, -0.1) is 0 Å². The summed E-state index contributed by atoms with van der Waals surface area (Å²) in [5, 5.41) is 2.85. The van der Waals surface area contributed by atoms with Crippen LogP contribution in [0.5, 0.6) is 5.75 Å². The maximum atomic E-state index is 12.4. The van der Waals surface area contributed by atoms with Gasteiger partial charge in [-0.3, -0.25) is 4.79 Å². The van der Waals surface area contributed by atoms with Crippen LogP contribution >= 0.6 is 0 Å². The molecule has 7 heteroatoms. The highest BCUT2D eigenvalue weighted by atomic mass is 19.4. The minimum atomic E-state index is -4.38. The molecule has 1 fully saturated rings. The number of benzene rings is 1. The summed E-state index contributed by atoms with van der Waals surface area (Å²) in [4.78, 5) is 11.7. The zero-order valence-electron chi connectivity index (χ0n) is 12.0. The summed E-state index contributed by atoms with van der Waals surface area (Å²) in [6.07, 6.45) is -0.937. The van der Waals surface area contributed by atoms with Gasteiger partial charge in [-0.25, -0.2) is 0 Å². The molecule has 0 bridgehead atoms. The van der Waals surface area contributed by atoms with E-state index in [1.807, 2.05) is 0 Å². The molecule has 0 aliphatic heterocycles. The Labute approximate surface area is 126 Å². The van der Waals surface area contributed by atoms with Crippen molar-refractivity contribution in [2.75, 3.05) is 6.61 Å². The Morgan fingerprint density at radius 1 is 1.18 bits per heavy atom. The second kappa shape index (κ2) is 7.00. The topological polar surface area (TPSA) is 64.3 Å². The maximum Gasteiger partial charge on any atom is 0.416 e. The van der Waals surface area contributed by atoms with Gasteiger partial charge < -0.3 is 15.8 Å². The first-order chi connectivity index (χ1) is 10.3. The monoisotopic (exact) mass is 316 g/mol. The Morgan fingerprint density at radius 3 is 2.32 bits per heavy atom. The van der Waals surface area contributed by atoms with E-state index >= 15 is 0 Å². The highest BCUT2D eigenvalue weighted by molar-refractivity contribution is 5.77. The lowest BCUT2D eigenvalue weighted by molar-refractivity contribution is -0.137. The Balaban J connectivity index is 1.76. The fourth-order valence-electron chi connectivity index (χ4n) is 2.42. The fraction of sp³-hybridized carbons (Fsp3) is 0.533. The molecule has 122 valence electrons. The largest absolute Gasteiger partial charge is 0.484 e. The van der Waals surface area contributed by atoms with E-state index in [0.717, 1.165) is 37.8 Å². The number of halogens is 3. The number of hydrogen-bond donors (Lipinski definition) is 2. The van der Waals surface area contributed by atoms with E-state index < -0.39 is 11.7 Å². The van der Waals surface area contributed by atoms with E-state index in [0.29, 0.717) is 0 Å². The molecule has 1 aliphatic carbocycles. The standard InChI is InChI=1S/C15H19F3N2O2/c16-15(17,18)10-1-7-13(8-2-10)22-9-14(21)20-12-5-3-11(19)4-6-12/h1-2,7-8,11-12H,3-6,9,19H2,(H,20,21). The van der Waals surface area contributed by atoms with E-state index in [9.17, 15) is 18.0 Å². The van der Waals surface area contributed by atoms with Gasteiger partial charge in [0.2, 0.25) is 0 Å². The maximum absolute atomic E-state index is 12.4. The minimum Gasteiger partial charge on any atom is -0.484 e. The van der Waals surface area contributed by atoms with E-state index in [2.05, 4.69) is 5.32 Å². The molecule has 1 saturated carbocycles. The lowest BCUT2D eigenvalue weighted by atomic mass is 9.92. The van der Waals surface area contributed by atoms with Gasteiger partial charge >= 0.3 is 6.18 Å². The van der Waals surface area contributed by atoms with E-state index in [4.69, 9.17) is 10.5 Å². The summed E-state index contributed by atoms with van der Waals surface area (Å²) in [6, 6.07) is 4.57. The molecule has 0 heterocycles. The Hall–Kier alpha value is -1.76. The molecule has 1 amide bonds. The predicted octanol–water partition coefficient (Wildman–Crippen LogP) is 2.47. The average molecular weight is 316 g/mol. The molecular weight excluding hydrogens is 297 g/mol. The van der Waals surface area contributed by atoms with Crippen LogP contribution in [0, 0.1) is 0 Å². The van der Waals surface area contributed by atoms with Crippen molar-refractivity contribution < 1.29 is 22.7 Å². The molecule has 0 aromatic heterocycles. The number of nitrogens with one attached hydrogen (secondary N) is 1. The van der Waals surface area contributed by atoms with Crippen LogP contribution in [0.4, 0.5) is 13.2 Å². The zero-order chi connectivity index (χ0) is 16.2. The van der Waals surface area contributed by atoms with Crippen LogP contribution in [0.25, 0.3) is 0 Å². The van der Waals surface area contributed by atoms with Crippen molar-refractivity contribution in [2.45, 2.75) is 43.9 Å². The number of amides is 1. The molecule has 4 nitrogen and oxygen atoms in total. The molecule has 3 N–H and O–H groups in total. The van der Waals surface area contributed by atoms with Crippen LogP contribution in [-0.2, 0) is 11.0 Å². The molecule has 2 rings (SSSR count). The molecule has 1 aliphatic rings. The number of nitrogens with two attached hydrogens (primary N) is 1. The fourth-order valence-corrected chi connectivity index (χ4v) is 2.42. The molecule has 22 heavy (non-hydrogen) atoms. The third-order valence-electron chi connectivity index (χ3n) is 3.69. The molecule has 0 radical (unpaired) electrons. The first-order valence-corrected chi connectivity index (χ1v) is 7.19. The second-order valence-corrected chi connectivity index (χ2v) is 5.49. The SMILES string of the molecule is NC1CCC(NC(=O)COc2ccc(C(F)(F)F)cc2)CC1. The number of ether oxygens (including phenoxy) is 1. The summed E-state index contributed by atoms with van der Waals surface area (Å²) in [5.41, 5.74) is 5.04. The number of rotatable bonds is 4. The summed E-state index contributed by atoms with van der Waals surface area (Å²) < 4.78 is 42.4. The third kappa shape index (κ3) is 4.91. The number of carbonyl (C=O) groups excluding carboxylic acids is 1. The summed E-state index contributed by atoms with van der Waals surface area (Å²) in [7, 11) is 0. The van der Waals surface area contributed by atoms with Gasteiger partial charge in [0, 0.05) is 12.1 Å². The van der Waals surface area contributed by atoms with Gasteiger partial charge in [0.1, 0.15) is 5.75 Å². The van der Waals surface area contributed by atoms with Crippen molar-refractivity contribution in [3.8, 4) is 5.75 Å². The lowest BCUT2D eigenvalue weighted by Crippen LogP contribution is -2.42.